The molecule has 0 aliphatic carbocycles. The first-order valence-electron chi connectivity index (χ1n) is 6.44. The van der Waals surface area contributed by atoms with Crippen molar-refractivity contribution in [1.82, 2.24) is 5.16 Å². The van der Waals surface area contributed by atoms with Gasteiger partial charge < -0.3 is 14.0 Å². The highest BCUT2D eigenvalue weighted by Gasteiger charge is 2.06. The van der Waals surface area contributed by atoms with Gasteiger partial charge in [0.05, 0.1) is 31.0 Å². The number of nitriles is 1. The smallest absolute Gasteiger partial charge is 0.162 e. The van der Waals surface area contributed by atoms with E-state index in [2.05, 4.69) is 11.2 Å². The predicted molar refractivity (Wildman–Crippen MR) is 80.6 cm³/mol. The van der Waals surface area contributed by atoms with Crippen LogP contribution in [0.5, 0.6) is 11.5 Å². The van der Waals surface area contributed by atoms with Gasteiger partial charge >= 0.3 is 0 Å². The number of aromatic nitrogens is 1. The Morgan fingerprint density at radius 2 is 2.19 bits per heavy atom. The number of aryl methyl sites for hydroxylation is 1. The Balaban J connectivity index is 1.77. The van der Waals surface area contributed by atoms with Crippen LogP contribution in [0.15, 0.2) is 28.8 Å². The van der Waals surface area contributed by atoms with E-state index in [1.165, 1.54) is 0 Å². The Morgan fingerprint density at radius 1 is 1.33 bits per heavy atom. The first-order chi connectivity index (χ1) is 10.2. The zero-order valence-corrected chi connectivity index (χ0v) is 12.8. The molecule has 0 aliphatic heterocycles. The van der Waals surface area contributed by atoms with Gasteiger partial charge in [-0.3, -0.25) is 0 Å². The van der Waals surface area contributed by atoms with Crippen LogP contribution in [0.4, 0.5) is 0 Å². The van der Waals surface area contributed by atoms with E-state index < -0.39 is 0 Å². The van der Waals surface area contributed by atoms with Gasteiger partial charge in [-0.2, -0.15) is 17.0 Å². The largest absolute Gasteiger partial charge is 0.493 e. The Kier molecular flexibility index (Phi) is 5.52. The molecule has 2 rings (SSSR count). The fourth-order valence-electron chi connectivity index (χ4n) is 1.73. The van der Waals surface area contributed by atoms with Gasteiger partial charge in [-0.1, -0.05) is 5.16 Å². The lowest BCUT2D eigenvalue weighted by Gasteiger charge is -2.10. The highest BCUT2D eigenvalue weighted by Crippen LogP contribution is 2.28. The van der Waals surface area contributed by atoms with E-state index in [1.54, 1.807) is 37.1 Å². The van der Waals surface area contributed by atoms with Crippen LogP contribution in [0.3, 0.4) is 0 Å². The molecule has 0 saturated heterocycles. The van der Waals surface area contributed by atoms with Crippen molar-refractivity contribution in [2.45, 2.75) is 12.7 Å². The summed E-state index contributed by atoms with van der Waals surface area (Å²) in [7, 11) is 1.56. The molecule has 0 amide bonds. The Morgan fingerprint density at radius 3 is 2.86 bits per heavy atom. The van der Waals surface area contributed by atoms with Crippen molar-refractivity contribution < 1.29 is 14.0 Å². The maximum atomic E-state index is 8.84. The summed E-state index contributed by atoms with van der Waals surface area (Å²) < 4.78 is 15.9. The van der Waals surface area contributed by atoms with Gasteiger partial charge in [0, 0.05) is 23.6 Å². The molecule has 0 aliphatic rings. The number of thioether (sulfide) groups is 1. The molecule has 0 atom stereocenters. The number of methoxy groups -OCH3 is 1. The average molecular weight is 304 g/mol. The highest BCUT2D eigenvalue weighted by molar-refractivity contribution is 7.98. The summed E-state index contributed by atoms with van der Waals surface area (Å²) in [5.74, 6) is 3.67. The average Bonchev–Trinajstić information content (AvgIpc) is 2.92. The molecule has 0 fully saturated rings. The fraction of sp³-hybridized carbons (Fsp3) is 0.333. The van der Waals surface area contributed by atoms with Crippen molar-refractivity contribution >= 4 is 11.8 Å². The molecule has 0 N–H and O–H groups in total. The molecular weight excluding hydrogens is 288 g/mol. The van der Waals surface area contributed by atoms with E-state index >= 15 is 0 Å². The summed E-state index contributed by atoms with van der Waals surface area (Å²) in [6, 6.07) is 9.13. The van der Waals surface area contributed by atoms with Gasteiger partial charge in [-0.05, 0) is 19.1 Å². The monoisotopic (exact) mass is 304 g/mol. The first-order valence-corrected chi connectivity index (χ1v) is 7.59. The topological polar surface area (TPSA) is 68.3 Å². The predicted octanol–water partition coefficient (Wildman–Crippen LogP) is 3.18. The molecule has 5 nitrogen and oxygen atoms in total. The van der Waals surface area contributed by atoms with Crippen LogP contribution in [-0.4, -0.2) is 24.6 Å². The van der Waals surface area contributed by atoms with Crippen molar-refractivity contribution in [2.24, 2.45) is 0 Å². The number of ether oxygens (including phenoxy) is 2. The maximum absolute atomic E-state index is 8.84. The second-order valence-corrected chi connectivity index (χ2v) is 5.41. The third-order valence-electron chi connectivity index (χ3n) is 2.70. The minimum Gasteiger partial charge on any atom is -0.493 e. The normalized spacial score (nSPS) is 10.1. The SMILES string of the molecule is COc1cc(C#N)ccc1OCCSCc1cc(C)on1. The van der Waals surface area contributed by atoms with E-state index in [0.29, 0.717) is 23.7 Å². The summed E-state index contributed by atoms with van der Waals surface area (Å²) in [6.07, 6.45) is 0. The summed E-state index contributed by atoms with van der Waals surface area (Å²) in [5, 5.41) is 12.8. The van der Waals surface area contributed by atoms with Gasteiger partial charge in [-0.25, -0.2) is 0 Å². The fourth-order valence-corrected chi connectivity index (χ4v) is 2.42. The van der Waals surface area contributed by atoms with Gasteiger partial charge in [-0.15, -0.1) is 0 Å². The zero-order chi connectivity index (χ0) is 15.1. The van der Waals surface area contributed by atoms with Crippen LogP contribution < -0.4 is 9.47 Å². The zero-order valence-electron chi connectivity index (χ0n) is 12.0. The van der Waals surface area contributed by atoms with Gasteiger partial charge in [0.2, 0.25) is 0 Å². The highest BCUT2D eigenvalue weighted by atomic mass is 32.2. The van der Waals surface area contributed by atoms with Crippen molar-refractivity contribution in [3.8, 4) is 17.6 Å². The summed E-state index contributed by atoms with van der Waals surface area (Å²) >= 11 is 1.72. The lowest BCUT2D eigenvalue weighted by atomic mass is 10.2. The molecule has 1 aromatic heterocycles. The molecule has 0 unspecified atom stereocenters. The standard InChI is InChI=1S/C15H16N2O3S/c1-11-7-13(17-20-11)10-21-6-5-19-14-4-3-12(9-16)8-15(14)18-2/h3-4,7-8H,5-6,10H2,1-2H3. The number of rotatable bonds is 7. The van der Waals surface area contributed by atoms with Gasteiger partial charge in [0.1, 0.15) is 5.76 Å². The van der Waals surface area contributed by atoms with Crippen LogP contribution in [0.1, 0.15) is 17.0 Å². The van der Waals surface area contributed by atoms with Crippen molar-refractivity contribution in [1.29, 1.82) is 5.26 Å². The quantitative estimate of drug-likeness (QED) is 0.732. The molecule has 0 radical (unpaired) electrons. The second-order valence-electron chi connectivity index (χ2n) is 4.31. The summed E-state index contributed by atoms with van der Waals surface area (Å²) in [5.41, 5.74) is 1.49. The molecule has 1 aromatic carbocycles. The Bertz CT molecular complexity index is 634. The van der Waals surface area contributed by atoms with Crippen LogP contribution >= 0.6 is 11.8 Å². The van der Waals surface area contributed by atoms with Crippen LogP contribution in [0.25, 0.3) is 0 Å². The van der Waals surface area contributed by atoms with Crippen molar-refractivity contribution in [3.63, 3.8) is 0 Å². The minimum atomic E-state index is 0.551. The van der Waals surface area contributed by atoms with Gasteiger partial charge in [0.25, 0.3) is 0 Å². The van der Waals surface area contributed by atoms with E-state index in [-0.39, 0.29) is 0 Å². The third kappa shape index (κ3) is 4.43. The lowest BCUT2D eigenvalue weighted by Crippen LogP contribution is -2.02. The molecule has 1 heterocycles. The van der Waals surface area contributed by atoms with Crippen LogP contribution in [-0.2, 0) is 5.75 Å². The first kappa shape index (κ1) is 15.3. The molecule has 6 heteroatoms. The van der Waals surface area contributed by atoms with Crippen LogP contribution in [0, 0.1) is 18.3 Å². The second kappa shape index (κ2) is 7.60. The number of hydrogen-bond acceptors (Lipinski definition) is 6. The van der Waals surface area contributed by atoms with E-state index in [9.17, 15) is 0 Å². The molecule has 0 saturated carbocycles. The minimum absolute atomic E-state index is 0.551. The molecule has 110 valence electrons. The maximum Gasteiger partial charge on any atom is 0.162 e. The van der Waals surface area contributed by atoms with E-state index in [0.717, 1.165) is 23.0 Å². The number of benzene rings is 1. The number of hydrogen-bond donors (Lipinski definition) is 0. The molecule has 0 spiro atoms. The summed E-state index contributed by atoms with van der Waals surface area (Å²) in [6.45, 7) is 2.44. The molecule has 0 bridgehead atoms. The molecule has 21 heavy (non-hydrogen) atoms. The molecular formula is C15H16N2O3S. The van der Waals surface area contributed by atoms with E-state index in [4.69, 9.17) is 19.3 Å². The van der Waals surface area contributed by atoms with Crippen molar-refractivity contribution in [2.75, 3.05) is 19.5 Å². The Labute approximate surface area is 127 Å². The van der Waals surface area contributed by atoms with Gasteiger partial charge in [0.15, 0.2) is 11.5 Å². The Hall–Kier alpha value is -2.13. The van der Waals surface area contributed by atoms with Crippen LogP contribution in [0.2, 0.25) is 0 Å². The molecule has 2 aromatic rings. The van der Waals surface area contributed by atoms with E-state index in [1.807, 2.05) is 13.0 Å². The third-order valence-corrected chi connectivity index (χ3v) is 3.66. The summed E-state index contributed by atoms with van der Waals surface area (Å²) in [4.78, 5) is 0. The van der Waals surface area contributed by atoms with Crippen molar-refractivity contribution in [3.05, 3.63) is 41.3 Å². The lowest BCUT2D eigenvalue weighted by molar-refractivity contribution is 0.313. The number of nitrogens with zero attached hydrogens (tertiary/aromatic N) is 2.